The number of rotatable bonds is 3. The molecule has 1 unspecified atom stereocenters. The Bertz CT molecular complexity index is 379. The Kier molecular flexibility index (Phi) is 4.31. The van der Waals surface area contributed by atoms with Gasteiger partial charge in [-0.3, -0.25) is 0 Å². The first-order valence-electron chi connectivity index (χ1n) is 5.88. The Morgan fingerprint density at radius 1 is 1.41 bits per heavy atom. The van der Waals surface area contributed by atoms with E-state index >= 15 is 0 Å². The normalized spacial score (nSPS) is 20.8. The highest BCUT2D eigenvalue weighted by molar-refractivity contribution is 6.29. The van der Waals surface area contributed by atoms with E-state index in [0.717, 1.165) is 12.1 Å². The van der Waals surface area contributed by atoms with Gasteiger partial charge in [-0.15, -0.1) is 0 Å². The second-order valence-corrected chi connectivity index (χ2v) is 4.96. The van der Waals surface area contributed by atoms with Crippen LogP contribution in [-0.4, -0.2) is 29.8 Å². The maximum Gasteiger partial charge on any atom is 0.161 e. The van der Waals surface area contributed by atoms with Gasteiger partial charge in [0.25, 0.3) is 0 Å². The van der Waals surface area contributed by atoms with Gasteiger partial charge >= 0.3 is 0 Å². The predicted octanol–water partition coefficient (Wildman–Crippen LogP) is 2.42. The number of aromatic nitrogens is 2. The monoisotopic (exact) mass is 256 g/mol. The zero-order valence-corrected chi connectivity index (χ0v) is 10.9. The van der Waals surface area contributed by atoms with Crippen molar-refractivity contribution in [2.75, 3.05) is 19.8 Å². The van der Waals surface area contributed by atoms with E-state index in [1.165, 1.54) is 0 Å². The van der Waals surface area contributed by atoms with Gasteiger partial charge in [-0.2, -0.15) is 0 Å². The molecule has 0 aromatic carbocycles. The summed E-state index contributed by atoms with van der Waals surface area (Å²) >= 11 is 6.01. The Morgan fingerprint density at radius 3 is 2.88 bits per heavy atom. The van der Waals surface area contributed by atoms with Crippen molar-refractivity contribution in [3.63, 3.8) is 0 Å². The Hall–Kier alpha value is -0.710. The average molecular weight is 257 g/mol. The molecule has 94 valence electrons. The molecular weight excluding hydrogens is 240 g/mol. The SMILES string of the molecule is CC(C)Cc1cc(Cl)nc(C2COCCO2)n1. The molecule has 2 heterocycles. The Labute approximate surface area is 106 Å². The standard InChI is InChI=1S/C12H17ClN2O2/c1-8(2)5-9-6-11(13)15-12(14-9)10-7-16-3-4-17-10/h6,8,10H,3-5,7H2,1-2H3. The third-order valence-electron chi connectivity index (χ3n) is 2.49. The van der Waals surface area contributed by atoms with Gasteiger partial charge in [-0.05, 0) is 18.4 Å². The Morgan fingerprint density at radius 2 is 2.24 bits per heavy atom. The van der Waals surface area contributed by atoms with Crippen LogP contribution in [0, 0.1) is 5.92 Å². The smallest absolute Gasteiger partial charge is 0.161 e. The van der Waals surface area contributed by atoms with Gasteiger partial charge in [0.15, 0.2) is 5.82 Å². The fraction of sp³-hybridized carbons (Fsp3) is 0.667. The molecule has 0 radical (unpaired) electrons. The molecule has 17 heavy (non-hydrogen) atoms. The summed E-state index contributed by atoms with van der Waals surface area (Å²) in [5.74, 6) is 1.17. The third kappa shape index (κ3) is 3.63. The number of halogens is 1. The van der Waals surface area contributed by atoms with Crippen molar-refractivity contribution in [2.45, 2.75) is 26.4 Å². The number of hydrogen-bond donors (Lipinski definition) is 0. The molecule has 2 rings (SSSR count). The quantitative estimate of drug-likeness (QED) is 0.779. The highest BCUT2D eigenvalue weighted by Crippen LogP contribution is 2.20. The molecule has 1 fully saturated rings. The van der Waals surface area contributed by atoms with Crippen molar-refractivity contribution < 1.29 is 9.47 Å². The fourth-order valence-electron chi connectivity index (χ4n) is 1.79. The zero-order valence-electron chi connectivity index (χ0n) is 10.1. The van der Waals surface area contributed by atoms with Crippen LogP contribution in [0.5, 0.6) is 0 Å². The lowest BCUT2D eigenvalue weighted by molar-refractivity contribution is -0.0936. The second-order valence-electron chi connectivity index (χ2n) is 4.57. The van der Waals surface area contributed by atoms with E-state index in [1.807, 2.05) is 6.07 Å². The summed E-state index contributed by atoms with van der Waals surface area (Å²) in [7, 11) is 0. The third-order valence-corrected chi connectivity index (χ3v) is 2.68. The minimum absolute atomic E-state index is 0.187. The van der Waals surface area contributed by atoms with Gasteiger partial charge in [0.05, 0.1) is 19.8 Å². The first-order valence-corrected chi connectivity index (χ1v) is 6.25. The summed E-state index contributed by atoms with van der Waals surface area (Å²) in [5.41, 5.74) is 0.962. The number of hydrogen-bond acceptors (Lipinski definition) is 4. The molecule has 4 nitrogen and oxygen atoms in total. The number of nitrogens with zero attached hydrogens (tertiary/aromatic N) is 2. The maximum absolute atomic E-state index is 6.01. The molecule has 1 aliphatic heterocycles. The molecule has 1 aliphatic rings. The second kappa shape index (κ2) is 5.76. The highest BCUT2D eigenvalue weighted by Gasteiger charge is 2.20. The van der Waals surface area contributed by atoms with Crippen LogP contribution in [-0.2, 0) is 15.9 Å². The van der Waals surface area contributed by atoms with Gasteiger partial charge in [-0.25, -0.2) is 9.97 Å². The lowest BCUT2D eigenvalue weighted by Crippen LogP contribution is -2.24. The van der Waals surface area contributed by atoms with Crippen molar-refractivity contribution in [1.29, 1.82) is 0 Å². The van der Waals surface area contributed by atoms with E-state index < -0.39 is 0 Å². The summed E-state index contributed by atoms with van der Waals surface area (Å²) in [6, 6.07) is 1.81. The van der Waals surface area contributed by atoms with Gasteiger partial charge < -0.3 is 9.47 Å². The first-order chi connectivity index (χ1) is 8.15. The molecule has 1 aromatic heterocycles. The minimum atomic E-state index is -0.187. The van der Waals surface area contributed by atoms with Crippen molar-refractivity contribution in [1.82, 2.24) is 9.97 Å². The van der Waals surface area contributed by atoms with Gasteiger partial charge in [0.1, 0.15) is 11.3 Å². The molecule has 5 heteroatoms. The molecule has 0 bridgehead atoms. The number of ether oxygens (including phenoxy) is 2. The van der Waals surface area contributed by atoms with Crippen LogP contribution < -0.4 is 0 Å². The van der Waals surface area contributed by atoms with Crippen molar-refractivity contribution in [3.05, 3.63) is 22.7 Å². The van der Waals surface area contributed by atoms with Gasteiger partial charge in [0.2, 0.25) is 0 Å². The van der Waals surface area contributed by atoms with Crippen LogP contribution in [0.15, 0.2) is 6.07 Å². The van der Waals surface area contributed by atoms with E-state index in [2.05, 4.69) is 23.8 Å². The molecule has 1 aromatic rings. The van der Waals surface area contributed by atoms with Crippen LogP contribution in [0.2, 0.25) is 5.15 Å². The predicted molar refractivity (Wildman–Crippen MR) is 65.1 cm³/mol. The highest BCUT2D eigenvalue weighted by atomic mass is 35.5. The summed E-state index contributed by atoms with van der Waals surface area (Å²) < 4.78 is 10.9. The van der Waals surface area contributed by atoms with Crippen molar-refractivity contribution in [2.24, 2.45) is 5.92 Å². The van der Waals surface area contributed by atoms with E-state index in [0.29, 0.717) is 36.7 Å². The van der Waals surface area contributed by atoms with E-state index in [1.54, 1.807) is 0 Å². The van der Waals surface area contributed by atoms with E-state index in [-0.39, 0.29) is 6.10 Å². The average Bonchev–Trinajstić information content (AvgIpc) is 2.28. The summed E-state index contributed by atoms with van der Waals surface area (Å²) in [6.07, 6.45) is 0.705. The molecule has 0 amide bonds. The topological polar surface area (TPSA) is 44.2 Å². The summed E-state index contributed by atoms with van der Waals surface area (Å²) in [6.45, 7) is 6.02. The molecule has 1 saturated heterocycles. The maximum atomic E-state index is 6.01. The molecule has 0 aliphatic carbocycles. The fourth-order valence-corrected chi connectivity index (χ4v) is 2.00. The minimum Gasteiger partial charge on any atom is -0.376 e. The lowest BCUT2D eigenvalue weighted by Gasteiger charge is -2.22. The van der Waals surface area contributed by atoms with Gasteiger partial charge in [-0.1, -0.05) is 25.4 Å². The first kappa shape index (κ1) is 12.7. The van der Waals surface area contributed by atoms with Crippen molar-refractivity contribution in [3.8, 4) is 0 Å². The zero-order chi connectivity index (χ0) is 12.3. The van der Waals surface area contributed by atoms with Gasteiger partial charge in [0, 0.05) is 5.69 Å². The summed E-state index contributed by atoms with van der Waals surface area (Å²) in [4.78, 5) is 8.71. The molecule has 0 spiro atoms. The largest absolute Gasteiger partial charge is 0.376 e. The lowest BCUT2D eigenvalue weighted by atomic mass is 10.1. The van der Waals surface area contributed by atoms with Crippen molar-refractivity contribution >= 4 is 11.6 Å². The summed E-state index contributed by atoms with van der Waals surface area (Å²) in [5, 5.41) is 0.472. The molecule has 1 atom stereocenters. The molecule has 0 saturated carbocycles. The van der Waals surface area contributed by atoms with Crippen LogP contribution in [0.1, 0.15) is 31.5 Å². The van der Waals surface area contributed by atoms with Crippen LogP contribution in [0.25, 0.3) is 0 Å². The van der Waals surface area contributed by atoms with Crippen LogP contribution in [0.3, 0.4) is 0 Å². The van der Waals surface area contributed by atoms with E-state index in [9.17, 15) is 0 Å². The molecule has 0 N–H and O–H groups in total. The van der Waals surface area contributed by atoms with Crippen LogP contribution >= 0.6 is 11.6 Å². The molecular formula is C12H17ClN2O2. The van der Waals surface area contributed by atoms with Crippen LogP contribution in [0.4, 0.5) is 0 Å². The Balaban J connectivity index is 2.18. The van der Waals surface area contributed by atoms with E-state index in [4.69, 9.17) is 21.1 Å².